The molecule has 2 atom stereocenters. The highest BCUT2D eigenvalue weighted by Crippen LogP contribution is 2.29. The minimum atomic E-state index is -4.47. The molecule has 1 saturated heterocycles. The van der Waals surface area contributed by atoms with Crippen LogP contribution in [0.4, 0.5) is 18.0 Å². The van der Waals surface area contributed by atoms with Crippen LogP contribution in [0, 0.1) is 5.92 Å². The maximum absolute atomic E-state index is 13.1. The lowest BCUT2D eigenvalue weighted by Crippen LogP contribution is -2.60. The van der Waals surface area contributed by atoms with E-state index in [4.69, 9.17) is 4.74 Å². The van der Waals surface area contributed by atoms with Crippen LogP contribution in [0.25, 0.3) is 0 Å². The van der Waals surface area contributed by atoms with E-state index in [9.17, 15) is 27.6 Å². The SMILES string of the molecule is CC(C)[C@H](NC(=O)OC(C)(C)C)C(=O)N1CCN(C(=O)c2ccc(C(F)(F)F)cc2)[C@@H](C)C1. The first-order valence-electron chi connectivity index (χ1n) is 10.9. The smallest absolute Gasteiger partial charge is 0.416 e. The summed E-state index contributed by atoms with van der Waals surface area (Å²) in [7, 11) is 0. The van der Waals surface area contributed by atoms with Crippen LogP contribution in [0.2, 0.25) is 0 Å². The molecule has 0 aliphatic carbocycles. The summed E-state index contributed by atoms with van der Waals surface area (Å²) in [6, 6.07) is 2.95. The monoisotopic (exact) mass is 471 g/mol. The summed E-state index contributed by atoms with van der Waals surface area (Å²) in [5, 5.41) is 2.64. The van der Waals surface area contributed by atoms with Gasteiger partial charge in [0.1, 0.15) is 11.6 Å². The average molecular weight is 472 g/mol. The van der Waals surface area contributed by atoms with Crippen molar-refractivity contribution in [3.05, 3.63) is 35.4 Å². The van der Waals surface area contributed by atoms with E-state index in [0.717, 1.165) is 24.3 Å². The molecule has 1 aliphatic heterocycles. The Labute approximate surface area is 192 Å². The fourth-order valence-electron chi connectivity index (χ4n) is 3.57. The lowest BCUT2D eigenvalue weighted by Gasteiger charge is -2.41. The molecule has 0 bridgehead atoms. The van der Waals surface area contributed by atoms with Gasteiger partial charge in [0.15, 0.2) is 0 Å². The number of piperazine rings is 1. The van der Waals surface area contributed by atoms with Crippen LogP contribution in [-0.2, 0) is 15.7 Å². The summed E-state index contributed by atoms with van der Waals surface area (Å²) in [4.78, 5) is 41.3. The van der Waals surface area contributed by atoms with E-state index >= 15 is 0 Å². The van der Waals surface area contributed by atoms with Gasteiger partial charge in [0.25, 0.3) is 5.91 Å². The molecule has 0 spiro atoms. The first-order chi connectivity index (χ1) is 15.1. The molecule has 184 valence electrons. The highest BCUT2D eigenvalue weighted by molar-refractivity contribution is 5.95. The predicted octanol–water partition coefficient (Wildman–Crippen LogP) is 3.93. The number of nitrogens with one attached hydrogen (secondary N) is 1. The number of hydrogen-bond acceptors (Lipinski definition) is 4. The summed E-state index contributed by atoms with van der Waals surface area (Å²) in [5.74, 6) is -0.855. The molecule has 1 aromatic carbocycles. The first-order valence-corrected chi connectivity index (χ1v) is 10.9. The summed E-state index contributed by atoms with van der Waals surface area (Å²) in [6.45, 7) is 11.3. The Hall–Kier alpha value is -2.78. The van der Waals surface area contributed by atoms with Gasteiger partial charge < -0.3 is 19.9 Å². The molecule has 1 fully saturated rings. The lowest BCUT2D eigenvalue weighted by molar-refractivity contribution is -0.138. The number of carbonyl (C=O) groups excluding carboxylic acids is 3. The maximum Gasteiger partial charge on any atom is 0.416 e. The van der Waals surface area contributed by atoms with Crippen LogP contribution in [0.5, 0.6) is 0 Å². The Bertz CT molecular complexity index is 863. The second-order valence-corrected chi connectivity index (χ2v) is 9.57. The summed E-state index contributed by atoms with van der Waals surface area (Å²) < 4.78 is 43.6. The predicted molar refractivity (Wildman–Crippen MR) is 117 cm³/mol. The largest absolute Gasteiger partial charge is 0.444 e. The average Bonchev–Trinajstić information content (AvgIpc) is 2.69. The molecule has 0 unspecified atom stereocenters. The van der Waals surface area contributed by atoms with Crippen LogP contribution in [-0.4, -0.2) is 65.0 Å². The van der Waals surface area contributed by atoms with Crippen molar-refractivity contribution in [2.24, 2.45) is 5.92 Å². The number of alkyl carbamates (subject to hydrolysis) is 1. The van der Waals surface area contributed by atoms with Gasteiger partial charge in [-0.05, 0) is 57.9 Å². The van der Waals surface area contributed by atoms with Crippen molar-refractivity contribution in [1.29, 1.82) is 0 Å². The summed E-state index contributed by atoms with van der Waals surface area (Å²) in [6.07, 6.45) is -5.15. The lowest BCUT2D eigenvalue weighted by atomic mass is 10.0. The number of benzene rings is 1. The van der Waals surface area contributed by atoms with Crippen molar-refractivity contribution < 1.29 is 32.3 Å². The van der Waals surface area contributed by atoms with Gasteiger partial charge in [-0.2, -0.15) is 13.2 Å². The Balaban J connectivity index is 2.04. The molecule has 2 rings (SSSR count). The normalized spacial score (nSPS) is 18.2. The number of rotatable bonds is 4. The molecule has 0 aromatic heterocycles. The van der Waals surface area contributed by atoms with Crippen LogP contribution in [0.3, 0.4) is 0 Å². The molecular formula is C23H32F3N3O4. The Morgan fingerprint density at radius 3 is 2.09 bits per heavy atom. The molecule has 33 heavy (non-hydrogen) atoms. The highest BCUT2D eigenvalue weighted by Gasteiger charge is 2.36. The second kappa shape index (κ2) is 10.0. The minimum absolute atomic E-state index is 0.154. The Kier molecular flexibility index (Phi) is 8.03. The van der Waals surface area contributed by atoms with Crippen LogP contribution in [0.1, 0.15) is 57.5 Å². The van der Waals surface area contributed by atoms with E-state index in [1.807, 2.05) is 13.8 Å². The van der Waals surface area contributed by atoms with Crippen molar-refractivity contribution in [1.82, 2.24) is 15.1 Å². The fraction of sp³-hybridized carbons (Fsp3) is 0.609. The number of ether oxygens (including phenoxy) is 1. The van der Waals surface area contributed by atoms with Crippen LogP contribution < -0.4 is 5.32 Å². The number of nitrogens with zero attached hydrogens (tertiary/aromatic N) is 2. The molecule has 10 heteroatoms. The van der Waals surface area contributed by atoms with E-state index in [2.05, 4.69) is 5.32 Å². The summed E-state index contributed by atoms with van der Waals surface area (Å²) in [5.41, 5.74) is -1.37. The number of hydrogen-bond donors (Lipinski definition) is 1. The van der Waals surface area contributed by atoms with Gasteiger partial charge in [-0.15, -0.1) is 0 Å². The molecule has 1 heterocycles. The standard InChI is InChI=1S/C23H32F3N3O4/c1-14(2)18(27-21(32)33-22(4,5)6)20(31)28-11-12-29(15(3)13-28)19(30)16-7-9-17(10-8-16)23(24,25)26/h7-10,14-15,18H,11-13H2,1-6H3,(H,27,32)/t15-,18-/m0/s1. The molecule has 1 N–H and O–H groups in total. The minimum Gasteiger partial charge on any atom is -0.444 e. The number of alkyl halides is 3. The Morgan fingerprint density at radius 1 is 1.06 bits per heavy atom. The maximum atomic E-state index is 13.1. The van der Waals surface area contributed by atoms with E-state index in [0.29, 0.717) is 0 Å². The van der Waals surface area contributed by atoms with Crippen molar-refractivity contribution in [3.63, 3.8) is 0 Å². The van der Waals surface area contributed by atoms with Crippen molar-refractivity contribution in [3.8, 4) is 0 Å². The van der Waals surface area contributed by atoms with Crippen LogP contribution in [0.15, 0.2) is 24.3 Å². The molecule has 1 aromatic rings. The second-order valence-electron chi connectivity index (χ2n) is 9.57. The third-order valence-corrected chi connectivity index (χ3v) is 5.26. The summed E-state index contributed by atoms with van der Waals surface area (Å²) >= 11 is 0. The molecule has 0 radical (unpaired) electrons. The zero-order valence-electron chi connectivity index (χ0n) is 19.8. The molecule has 3 amide bonds. The zero-order valence-corrected chi connectivity index (χ0v) is 19.8. The van der Waals surface area contributed by atoms with Gasteiger partial charge in [0.2, 0.25) is 5.91 Å². The third kappa shape index (κ3) is 7.10. The number of halogens is 3. The Morgan fingerprint density at radius 2 is 1.64 bits per heavy atom. The highest BCUT2D eigenvalue weighted by atomic mass is 19.4. The first kappa shape index (κ1) is 26.5. The van der Waals surface area contributed by atoms with Gasteiger partial charge in [-0.25, -0.2) is 4.79 Å². The molecule has 1 aliphatic rings. The zero-order chi connectivity index (χ0) is 25.1. The topological polar surface area (TPSA) is 79.0 Å². The van der Waals surface area contributed by atoms with E-state index < -0.39 is 35.4 Å². The number of amides is 3. The van der Waals surface area contributed by atoms with Gasteiger partial charge >= 0.3 is 12.3 Å². The van der Waals surface area contributed by atoms with Gasteiger partial charge in [-0.1, -0.05) is 13.8 Å². The van der Waals surface area contributed by atoms with Crippen LogP contribution >= 0.6 is 0 Å². The quantitative estimate of drug-likeness (QED) is 0.722. The fourth-order valence-corrected chi connectivity index (χ4v) is 3.57. The van der Waals surface area contributed by atoms with E-state index in [-0.39, 0.29) is 43.1 Å². The van der Waals surface area contributed by atoms with Gasteiger partial charge in [-0.3, -0.25) is 9.59 Å². The van der Waals surface area contributed by atoms with E-state index in [1.165, 1.54) is 4.90 Å². The molecule has 7 nitrogen and oxygen atoms in total. The van der Waals surface area contributed by atoms with Crippen molar-refractivity contribution in [2.45, 2.75) is 65.4 Å². The van der Waals surface area contributed by atoms with Gasteiger partial charge in [0.05, 0.1) is 5.56 Å². The van der Waals surface area contributed by atoms with E-state index in [1.54, 1.807) is 32.6 Å². The van der Waals surface area contributed by atoms with Gasteiger partial charge in [0, 0.05) is 31.2 Å². The molecule has 0 saturated carbocycles. The molecular weight excluding hydrogens is 439 g/mol. The van der Waals surface area contributed by atoms with Crippen molar-refractivity contribution in [2.75, 3.05) is 19.6 Å². The third-order valence-electron chi connectivity index (χ3n) is 5.26. The number of carbonyl (C=O) groups is 3. The van der Waals surface area contributed by atoms with Crippen molar-refractivity contribution >= 4 is 17.9 Å².